The maximum atomic E-state index is 13.8. The molecule has 0 aromatic carbocycles. The molecule has 0 radical (unpaired) electrons. The number of nitrogens with zero attached hydrogens (tertiary/aromatic N) is 4. The minimum absolute atomic E-state index is 0.122. The topological polar surface area (TPSA) is 46.0 Å². The van der Waals surface area contributed by atoms with Crippen LogP contribution in [-0.2, 0) is 13.6 Å². The van der Waals surface area contributed by atoms with Crippen molar-refractivity contribution in [2.75, 3.05) is 18.0 Å². The third kappa shape index (κ3) is 3.21. The van der Waals surface area contributed by atoms with Gasteiger partial charge in [0.1, 0.15) is 6.17 Å². The fourth-order valence-electron chi connectivity index (χ4n) is 2.83. The Labute approximate surface area is 123 Å². The van der Waals surface area contributed by atoms with Crippen LogP contribution in [0.1, 0.15) is 12.1 Å². The maximum Gasteiger partial charge on any atom is 0.151 e. The standard InChI is InChI=1S/C15H20FN5/c1-20-7-3-4-13(20)9-17-10-14-8-12(16)11-21(14)15-5-2-6-18-19-15/h2-7,12,14,17H,8-11H2,1H3/t12-,14-/m0/s1. The molecule has 2 aromatic heterocycles. The molecule has 0 saturated carbocycles. The quantitative estimate of drug-likeness (QED) is 0.906. The number of aryl methyl sites for hydroxylation is 1. The molecule has 1 fully saturated rings. The Morgan fingerprint density at radius 2 is 2.29 bits per heavy atom. The first-order chi connectivity index (χ1) is 10.2. The van der Waals surface area contributed by atoms with Gasteiger partial charge in [0.05, 0.1) is 6.54 Å². The first kappa shape index (κ1) is 14.0. The molecule has 3 rings (SSSR count). The zero-order valence-electron chi connectivity index (χ0n) is 12.1. The highest BCUT2D eigenvalue weighted by Gasteiger charge is 2.32. The Balaban J connectivity index is 1.59. The van der Waals surface area contributed by atoms with Crippen molar-refractivity contribution in [2.24, 2.45) is 7.05 Å². The van der Waals surface area contributed by atoms with Gasteiger partial charge < -0.3 is 14.8 Å². The van der Waals surface area contributed by atoms with E-state index in [1.807, 2.05) is 36.3 Å². The lowest BCUT2D eigenvalue weighted by atomic mass is 10.2. The second kappa shape index (κ2) is 6.22. The molecule has 0 aliphatic carbocycles. The number of hydrogen-bond acceptors (Lipinski definition) is 4. The molecule has 112 valence electrons. The highest BCUT2D eigenvalue weighted by Crippen LogP contribution is 2.24. The van der Waals surface area contributed by atoms with Crippen molar-refractivity contribution in [3.8, 4) is 0 Å². The van der Waals surface area contributed by atoms with Gasteiger partial charge in [0.15, 0.2) is 5.82 Å². The van der Waals surface area contributed by atoms with E-state index in [1.54, 1.807) is 6.20 Å². The van der Waals surface area contributed by atoms with E-state index < -0.39 is 6.17 Å². The van der Waals surface area contributed by atoms with Gasteiger partial charge in [-0.3, -0.25) is 0 Å². The summed E-state index contributed by atoms with van der Waals surface area (Å²) in [5.74, 6) is 0.753. The molecule has 1 saturated heterocycles. The van der Waals surface area contributed by atoms with Crippen LogP contribution in [0.15, 0.2) is 36.7 Å². The largest absolute Gasteiger partial charge is 0.353 e. The van der Waals surface area contributed by atoms with Gasteiger partial charge in [-0.2, -0.15) is 5.10 Å². The molecule has 2 atom stereocenters. The fraction of sp³-hybridized carbons (Fsp3) is 0.467. The predicted molar refractivity (Wildman–Crippen MR) is 79.8 cm³/mol. The summed E-state index contributed by atoms with van der Waals surface area (Å²) in [4.78, 5) is 2.01. The van der Waals surface area contributed by atoms with Crippen molar-refractivity contribution in [3.05, 3.63) is 42.4 Å². The minimum atomic E-state index is -0.797. The summed E-state index contributed by atoms with van der Waals surface area (Å²) < 4.78 is 15.8. The minimum Gasteiger partial charge on any atom is -0.353 e. The number of hydrogen-bond donors (Lipinski definition) is 1. The van der Waals surface area contributed by atoms with E-state index in [4.69, 9.17) is 0 Å². The highest BCUT2D eigenvalue weighted by molar-refractivity contribution is 5.40. The third-order valence-corrected chi connectivity index (χ3v) is 3.95. The van der Waals surface area contributed by atoms with Gasteiger partial charge in [0.25, 0.3) is 0 Å². The number of anilines is 1. The van der Waals surface area contributed by atoms with E-state index in [0.717, 1.165) is 18.9 Å². The van der Waals surface area contributed by atoms with Crippen LogP contribution in [0.4, 0.5) is 10.2 Å². The smallest absolute Gasteiger partial charge is 0.151 e. The summed E-state index contributed by atoms with van der Waals surface area (Å²) in [6.07, 6.45) is 3.40. The van der Waals surface area contributed by atoms with Crippen LogP contribution in [-0.4, -0.2) is 40.1 Å². The predicted octanol–water partition coefficient (Wildman–Crippen LogP) is 1.52. The van der Waals surface area contributed by atoms with Gasteiger partial charge in [0, 0.05) is 50.7 Å². The number of rotatable bonds is 5. The molecular weight excluding hydrogens is 269 g/mol. The Kier molecular flexibility index (Phi) is 4.15. The lowest BCUT2D eigenvalue weighted by molar-refractivity contribution is 0.354. The molecule has 0 amide bonds. The van der Waals surface area contributed by atoms with Gasteiger partial charge in [-0.25, -0.2) is 4.39 Å². The Hall–Kier alpha value is -1.95. The molecule has 0 bridgehead atoms. The molecule has 3 heterocycles. The van der Waals surface area contributed by atoms with Gasteiger partial charge in [-0.15, -0.1) is 5.10 Å². The van der Waals surface area contributed by atoms with Gasteiger partial charge in [-0.05, 0) is 24.3 Å². The monoisotopic (exact) mass is 289 g/mol. The maximum absolute atomic E-state index is 13.8. The third-order valence-electron chi connectivity index (χ3n) is 3.95. The summed E-state index contributed by atoms with van der Waals surface area (Å²) in [7, 11) is 2.02. The number of alkyl halides is 1. The molecule has 0 unspecified atom stereocenters. The van der Waals surface area contributed by atoms with E-state index in [2.05, 4.69) is 26.1 Å². The van der Waals surface area contributed by atoms with Crippen molar-refractivity contribution in [3.63, 3.8) is 0 Å². The second-order valence-corrected chi connectivity index (χ2v) is 5.46. The van der Waals surface area contributed by atoms with E-state index in [9.17, 15) is 4.39 Å². The van der Waals surface area contributed by atoms with Crippen LogP contribution in [0.3, 0.4) is 0 Å². The molecule has 5 nitrogen and oxygen atoms in total. The van der Waals surface area contributed by atoms with Crippen molar-refractivity contribution < 1.29 is 4.39 Å². The average molecular weight is 289 g/mol. The molecule has 1 N–H and O–H groups in total. The van der Waals surface area contributed by atoms with E-state index >= 15 is 0 Å². The molecule has 0 spiro atoms. The van der Waals surface area contributed by atoms with Crippen LogP contribution in [0, 0.1) is 0 Å². The molecule has 2 aromatic rings. The van der Waals surface area contributed by atoms with E-state index in [0.29, 0.717) is 13.0 Å². The van der Waals surface area contributed by atoms with Crippen molar-refractivity contribution in [1.29, 1.82) is 0 Å². The lowest BCUT2D eigenvalue weighted by Crippen LogP contribution is -2.38. The summed E-state index contributed by atoms with van der Waals surface area (Å²) >= 11 is 0. The van der Waals surface area contributed by atoms with Crippen molar-refractivity contribution in [2.45, 2.75) is 25.2 Å². The van der Waals surface area contributed by atoms with Crippen LogP contribution < -0.4 is 10.2 Å². The summed E-state index contributed by atoms with van der Waals surface area (Å²) in [6, 6.07) is 7.95. The Bertz CT molecular complexity index is 570. The zero-order valence-corrected chi connectivity index (χ0v) is 12.1. The van der Waals surface area contributed by atoms with Crippen molar-refractivity contribution >= 4 is 5.82 Å². The molecule has 6 heteroatoms. The number of aromatic nitrogens is 3. The number of halogens is 1. The highest BCUT2D eigenvalue weighted by atomic mass is 19.1. The van der Waals surface area contributed by atoms with E-state index in [-0.39, 0.29) is 6.04 Å². The van der Waals surface area contributed by atoms with Crippen LogP contribution >= 0.6 is 0 Å². The van der Waals surface area contributed by atoms with E-state index in [1.165, 1.54) is 5.69 Å². The normalized spacial score (nSPS) is 21.9. The zero-order chi connectivity index (χ0) is 14.7. The summed E-state index contributed by atoms with van der Waals surface area (Å²) in [5, 5.41) is 11.4. The first-order valence-electron chi connectivity index (χ1n) is 7.23. The molecule has 1 aliphatic heterocycles. The molecule has 21 heavy (non-hydrogen) atoms. The van der Waals surface area contributed by atoms with Gasteiger partial charge in [-0.1, -0.05) is 0 Å². The fourth-order valence-corrected chi connectivity index (χ4v) is 2.83. The average Bonchev–Trinajstić information content (AvgIpc) is 3.06. The van der Waals surface area contributed by atoms with Crippen LogP contribution in [0.2, 0.25) is 0 Å². The summed E-state index contributed by atoms with van der Waals surface area (Å²) in [6.45, 7) is 1.92. The molecule has 1 aliphatic rings. The Morgan fingerprint density at radius 1 is 1.38 bits per heavy atom. The van der Waals surface area contributed by atoms with Crippen molar-refractivity contribution in [1.82, 2.24) is 20.1 Å². The summed E-state index contributed by atoms with van der Waals surface area (Å²) in [5.41, 5.74) is 1.22. The van der Waals surface area contributed by atoms with Crippen LogP contribution in [0.5, 0.6) is 0 Å². The molecular formula is C15H20FN5. The van der Waals surface area contributed by atoms with Gasteiger partial charge in [0.2, 0.25) is 0 Å². The first-order valence-corrected chi connectivity index (χ1v) is 7.23. The van der Waals surface area contributed by atoms with Gasteiger partial charge >= 0.3 is 0 Å². The van der Waals surface area contributed by atoms with Crippen LogP contribution in [0.25, 0.3) is 0 Å². The Morgan fingerprint density at radius 3 is 3.00 bits per heavy atom. The lowest BCUT2D eigenvalue weighted by Gasteiger charge is -2.25. The SMILES string of the molecule is Cn1cccc1CNC[C@@H]1C[C@H](F)CN1c1cccnn1. The second-order valence-electron chi connectivity index (χ2n) is 5.46. The number of nitrogens with one attached hydrogen (secondary N) is 1.